The van der Waals surface area contributed by atoms with Gasteiger partial charge in [-0.2, -0.15) is 0 Å². The van der Waals surface area contributed by atoms with Gasteiger partial charge in [0.2, 0.25) is 5.91 Å². The second kappa shape index (κ2) is 6.10. The first-order valence-corrected chi connectivity index (χ1v) is 6.15. The standard InChI is InChI=1S/C13H16N4O2/c1-2-15-12(18)9-14-8-10-7-13(19)17-6-4-3-5-11(17)16-10/h3-7,14H,2,8-9H2,1H3,(H,15,18). The van der Waals surface area contributed by atoms with Crippen molar-refractivity contribution in [3.63, 3.8) is 0 Å². The average Bonchev–Trinajstić information content (AvgIpc) is 2.39. The molecule has 0 fully saturated rings. The fourth-order valence-corrected chi connectivity index (χ4v) is 1.76. The Kier molecular flexibility index (Phi) is 4.25. The van der Waals surface area contributed by atoms with Crippen LogP contribution in [0.2, 0.25) is 0 Å². The molecular formula is C13H16N4O2. The van der Waals surface area contributed by atoms with Gasteiger partial charge in [-0.1, -0.05) is 6.07 Å². The molecule has 0 saturated heterocycles. The van der Waals surface area contributed by atoms with Crippen LogP contribution in [0.1, 0.15) is 12.6 Å². The monoisotopic (exact) mass is 260 g/mol. The number of hydrogen-bond donors (Lipinski definition) is 2. The Morgan fingerprint density at radius 1 is 1.42 bits per heavy atom. The van der Waals surface area contributed by atoms with Crippen molar-refractivity contribution in [2.75, 3.05) is 13.1 Å². The third-order valence-electron chi connectivity index (χ3n) is 2.59. The molecule has 2 heterocycles. The zero-order valence-electron chi connectivity index (χ0n) is 10.7. The van der Waals surface area contributed by atoms with Crippen molar-refractivity contribution in [3.05, 3.63) is 46.5 Å². The second-order valence-corrected chi connectivity index (χ2v) is 4.07. The van der Waals surface area contributed by atoms with Crippen LogP contribution >= 0.6 is 0 Å². The first-order valence-electron chi connectivity index (χ1n) is 6.15. The van der Waals surface area contributed by atoms with E-state index < -0.39 is 0 Å². The summed E-state index contributed by atoms with van der Waals surface area (Å²) in [6, 6.07) is 6.85. The third-order valence-corrected chi connectivity index (χ3v) is 2.59. The molecule has 2 aromatic heterocycles. The molecule has 0 aliphatic heterocycles. The van der Waals surface area contributed by atoms with Crippen molar-refractivity contribution in [2.24, 2.45) is 0 Å². The van der Waals surface area contributed by atoms with Gasteiger partial charge in [-0.05, 0) is 19.1 Å². The van der Waals surface area contributed by atoms with Gasteiger partial charge in [0.25, 0.3) is 5.56 Å². The van der Waals surface area contributed by atoms with E-state index in [1.807, 2.05) is 13.0 Å². The van der Waals surface area contributed by atoms with Crippen LogP contribution in [0.5, 0.6) is 0 Å². The van der Waals surface area contributed by atoms with Crippen LogP contribution < -0.4 is 16.2 Å². The van der Waals surface area contributed by atoms with Gasteiger partial charge in [-0.15, -0.1) is 0 Å². The van der Waals surface area contributed by atoms with E-state index in [4.69, 9.17) is 0 Å². The minimum absolute atomic E-state index is 0.0694. The van der Waals surface area contributed by atoms with Gasteiger partial charge >= 0.3 is 0 Å². The van der Waals surface area contributed by atoms with Crippen molar-refractivity contribution in [2.45, 2.75) is 13.5 Å². The summed E-state index contributed by atoms with van der Waals surface area (Å²) in [4.78, 5) is 27.4. The number of rotatable bonds is 5. The Labute approximate surface area is 110 Å². The molecule has 0 unspecified atom stereocenters. The van der Waals surface area contributed by atoms with Crippen LogP contribution in [0.25, 0.3) is 5.65 Å². The molecule has 19 heavy (non-hydrogen) atoms. The Morgan fingerprint density at radius 3 is 3.05 bits per heavy atom. The summed E-state index contributed by atoms with van der Waals surface area (Å²) in [6.45, 7) is 3.07. The van der Waals surface area contributed by atoms with Crippen molar-refractivity contribution >= 4 is 11.6 Å². The minimum atomic E-state index is -0.125. The smallest absolute Gasteiger partial charge is 0.258 e. The molecule has 0 aliphatic carbocycles. The quantitative estimate of drug-likeness (QED) is 0.788. The number of likely N-dealkylation sites (N-methyl/N-ethyl adjacent to an activating group) is 1. The summed E-state index contributed by atoms with van der Waals surface area (Å²) >= 11 is 0. The number of pyridine rings is 1. The number of hydrogen-bond acceptors (Lipinski definition) is 4. The van der Waals surface area contributed by atoms with Crippen LogP contribution in [-0.2, 0) is 11.3 Å². The van der Waals surface area contributed by atoms with Crippen molar-refractivity contribution in [3.8, 4) is 0 Å². The van der Waals surface area contributed by atoms with E-state index >= 15 is 0 Å². The zero-order valence-corrected chi connectivity index (χ0v) is 10.7. The van der Waals surface area contributed by atoms with Crippen LogP contribution in [-0.4, -0.2) is 28.4 Å². The minimum Gasteiger partial charge on any atom is -0.355 e. The molecule has 0 aromatic carbocycles. The molecule has 2 N–H and O–H groups in total. The number of nitrogens with zero attached hydrogens (tertiary/aromatic N) is 2. The third kappa shape index (κ3) is 3.38. The molecule has 0 saturated carbocycles. The number of carbonyl (C=O) groups is 1. The first kappa shape index (κ1) is 13.2. The molecule has 1 amide bonds. The number of fused-ring (bicyclic) bond motifs is 1. The van der Waals surface area contributed by atoms with Gasteiger partial charge in [0.05, 0.1) is 12.2 Å². The summed E-state index contributed by atoms with van der Waals surface area (Å²) in [7, 11) is 0. The van der Waals surface area contributed by atoms with Gasteiger partial charge in [0, 0.05) is 25.4 Å². The van der Waals surface area contributed by atoms with E-state index in [0.717, 1.165) is 0 Å². The SMILES string of the molecule is CCNC(=O)CNCc1cc(=O)n2ccccc2n1. The molecule has 6 heteroatoms. The second-order valence-electron chi connectivity index (χ2n) is 4.07. The van der Waals surface area contributed by atoms with Gasteiger partial charge in [-0.25, -0.2) is 4.98 Å². The molecule has 0 bridgehead atoms. The highest BCUT2D eigenvalue weighted by Gasteiger charge is 2.03. The van der Waals surface area contributed by atoms with E-state index in [1.54, 1.807) is 18.3 Å². The molecule has 0 atom stereocenters. The highest BCUT2D eigenvalue weighted by atomic mass is 16.2. The van der Waals surface area contributed by atoms with E-state index in [-0.39, 0.29) is 18.0 Å². The summed E-state index contributed by atoms with van der Waals surface area (Å²) in [6.07, 6.45) is 1.68. The molecule has 2 aromatic rings. The first-order chi connectivity index (χ1) is 9.20. The maximum Gasteiger partial charge on any atom is 0.258 e. The Bertz CT molecular complexity index is 636. The fourth-order valence-electron chi connectivity index (χ4n) is 1.76. The Morgan fingerprint density at radius 2 is 2.26 bits per heavy atom. The number of carbonyl (C=O) groups excluding carboxylic acids is 1. The van der Waals surface area contributed by atoms with Gasteiger partial charge in [-0.3, -0.25) is 14.0 Å². The van der Waals surface area contributed by atoms with E-state index in [0.29, 0.717) is 24.4 Å². The molecule has 6 nitrogen and oxygen atoms in total. The van der Waals surface area contributed by atoms with Crippen molar-refractivity contribution < 1.29 is 4.79 Å². The summed E-state index contributed by atoms with van der Waals surface area (Å²) in [5, 5.41) is 5.64. The molecule has 0 aliphatic rings. The largest absolute Gasteiger partial charge is 0.355 e. The maximum absolute atomic E-state index is 11.8. The molecule has 100 valence electrons. The normalized spacial score (nSPS) is 10.6. The van der Waals surface area contributed by atoms with Crippen LogP contribution in [0.4, 0.5) is 0 Å². The predicted molar refractivity (Wildman–Crippen MR) is 71.9 cm³/mol. The van der Waals surface area contributed by atoms with Crippen molar-refractivity contribution in [1.82, 2.24) is 20.0 Å². The lowest BCUT2D eigenvalue weighted by Crippen LogP contribution is -2.33. The highest BCUT2D eigenvalue weighted by molar-refractivity contribution is 5.77. The number of aromatic nitrogens is 2. The Hall–Kier alpha value is -2.21. The van der Waals surface area contributed by atoms with Crippen LogP contribution in [0, 0.1) is 0 Å². The van der Waals surface area contributed by atoms with Crippen LogP contribution in [0.3, 0.4) is 0 Å². The maximum atomic E-state index is 11.8. The lowest BCUT2D eigenvalue weighted by atomic mass is 10.3. The van der Waals surface area contributed by atoms with E-state index in [9.17, 15) is 9.59 Å². The summed E-state index contributed by atoms with van der Waals surface area (Å²) in [5.74, 6) is -0.0694. The Balaban J connectivity index is 2.05. The molecule has 2 rings (SSSR count). The number of nitrogens with one attached hydrogen (secondary N) is 2. The molecule has 0 spiro atoms. The van der Waals surface area contributed by atoms with Gasteiger partial charge in [0.1, 0.15) is 5.65 Å². The van der Waals surface area contributed by atoms with Gasteiger partial charge < -0.3 is 10.6 Å². The lowest BCUT2D eigenvalue weighted by molar-refractivity contribution is -0.120. The predicted octanol–water partition coefficient (Wildman–Crippen LogP) is -0.0798. The van der Waals surface area contributed by atoms with E-state index in [2.05, 4.69) is 15.6 Å². The lowest BCUT2D eigenvalue weighted by Gasteiger charge is -2.06. The summed E-state index contributed by atoms with van der Waals surface area (Å²) in [5.41, 5.74) is 1.10. The average molecular weight is 260 g/mol. The van der Waals surface area contributed by atoms with E-state index in [1.165, 1.54) is 10.5 Å². The molecular weight excluding hydrogens is 244 g/mol. The summed E-state index contributed by atoms with van der Waals surface area (Å²) < 4.78 is 1.48. The van der Waals surface area contributed by atoms with Gasteiger partial charge in [0.15, 0.2) is 0 Å². The molecule has 0 radical (unpaired) electrons. The highest BCUT2D eigenvalue weighted by Crippen LogP contribution is 1.98. The zero-order chi connectivity index (χ0) is 13.7. The topological polar surface area (TPSA) is 75.5 Å². The van der Waals surface area contributed by atoms with Crippen LogP contribution in [0.15, 0.2) is 35.3 Å². The fraction of sp³-hybridized carbons (Fsp3) is 0.308. The van der Waals surface area contributed by atoms with Crippen molar-refractivity contribution in [1.29, 1.82) is 0 Å². The number of amides is 1.